The third kappa shape index (κ3) is 7.24. The minimum absolute atomic E-state index is 0.0616. The van der Waals surface area contributed by atoms with Gasteiger partial charge in [0.2, 0.25) is 5.79 Å². The Bertz CT molecular complexity index is 2220. The second-order valence-electron chi connectivity index (χ2n) is 13.4. The van der Waals surface area contributed by atoms with Crippen LogP contribution in [0.3, 0.4) is 0 Å². The molecule has 2 fully saturated rings. The number of nitrogens with zero attached hydrogens (tertiary/aromatic N) is 8. The van der Waals surface area contributed by atoms with Crippen LogP contribution in [0.15, 0.2) is 102 Å². The Morgan fingerprint density at radius 3 is 2.11 bits per heavy atom. The van der Waals surface area contributed by atoms with Gasteiger partial charge < -0.3 is 24.0 Å². The number of piperazine rings is 1. The number of aromatic nitrogens is 6. The molecule has 4 heterocycles. The SMILES string of the molecule is CCC(C)n1ncn(-c2ccc(N3CCN(c4ccc(OC[C@@H]5CO[C@](Cn6nc7ccccc7n6)(c6ccc(Cl)cc6Cl)O5)cc4)CC3)cc2)c1=O. The van der Waals surface area contributed by atoms with Crippen molar-refractivity contribution in [1.82, 2.24) is 29.3 Å². The molecule has 2 saturated heterocycles. The number of rotatable bonds is 11. The van der Waals surface area contributed by atoms with Crippen LogP contribution in [0.2, 0.25) is 10.0 Å². The van der Waals surface area contributed by atoms with Crippen molar-refractivity contribution in [3.8, 4) is 11.4 Å². The van der Waals surface area contributed by atoms with E-state index in [0.29, 0.717) is 22.2 Å². The van der Waals surface area contributed by atoms with Gasteiger partial charge >= 0.3 is 5.69 Å². The number of hydrogen-bond acceptors (Lipinski definition) is 9. The molecule has 4 aromatic carbocycles. The molecule has 0 aliphatic carbocycles. The first-order valence-corrected chi connectivity index (χ1v) is 18.6. The van der Waals surface area contributed by atoms with Crippen LogP contribution in [0.1, 0.15) is 31.9 Å². The maximum Gasteiger partial charge on any atom is 0.350 e. The van der Waals surface area contributed by atoms with Crippen molar-refractivity contribution >= 4 is 45.6 Å². The van der Waals surface area contributed by atoms with E-state index in [2.05, 4.69) is 49.4 Å². The van der Waals surface area contributed by atoms with Crippen molar-refractivity contribution < 1.29 is 14.2 Å². The van der Waals surface area contributed by atoms with E-state index in [9.17, 15) is 4.79 Å². The monoisotopic (exact) mass is 754 g/mol. The Kier molecular flexibility index (Phi) is 9.86. The summed E-state index contributed by atoms with van der Waals surface area (Å²) < 4.78 is 22.3. The van der Waals surface area contributed by atoms with Gasteiger partial charge in [-0.2, -0.15) is 20.1 Å². The van der Waals surface area contributed by atoms with Gasteiger partial charge in [0.05, 0.1) is 23.4 Å². The zero-order chi connectivity index (χ0) is 36.5. The van der Waals surface area contributed by atoms with Crippen LogP contribution in [0.4, 0.5) is 11.4 Å². The second kappa shape index (κ2) is 14.9. The largest absolute Gasteiger partial charge is 0.491 e. The van der Waals surface area contributed by atoms with Crippen LogP contribution in [-0.2, 0) is 21.8 Å². The molecule has 0 N–H and O–H groups in total. The van der Waals surface area contributed by atoms with Gasteiger partial charge in [0.15, 0.2) is 0 Å². The molecule has 274 valence electrons. The highest BCUT2D eigenvalue weighted by atomic mass is 35.5. The first-order valence-electron chi connectivity index (χ1n) is 17.8. The Morgan fingerprint density at radius 2 is 1.49 bits per heavy atom. The molecule has 3 atom stereocenters. The summed E-state index contributed by atoms with van der Waals surface area (Å²) in [6.07, 6.45) is 2.08. The number of fused-ring (bicyclic) bond motifs is 1. The van der Waals surface area contributed by atoms with Gasteiger partial charge in [-0.3, -0.25) is 0 Å². The summed E-state index contributed by atoms with van der Waals surface area (Å²) >= 11 is 12.9. The maximum absolute atomic E-state index is 12.8. The summed E-state index contributed by atoms with van der Waals surface area (Å²) in [5.74, 6) is -0.484. The van der Waals surface area contributed by atoms with E-state index in [-0.39, 0.29) is 31.0 Å². The van der Waals surface area contributed by atoms with Gasteiger partial charge in [0.25, 0.3) is 0 Å². The number of halogens is 2. The molecule has 0 bridgehead atoms. The molecule has 0 radical (unpaired) electrons. The molecule has 6 aromatic rings. The molecule has 0 amide bonds. The van der Waals surface area contributed by atoms with E-state index in [1.807, 2.05) is 68.4 Å². The van der Waals surface area contributed by atoms with Gasteiger partial charge in [-0.25, -0.2) is 14.0 Å². The highest BCUT2D eigenvalue weighted by Gasteiger charge is 2.46. The molecule has 2 aliphatic heterocycles. The van der Waals surface area contributed by atoms with Gasteiger partial charge in [-0.15, -0.1) is 0 Å². The summed E-state index contributed by atoms with van der Waals surface area (Å²) in [5.41, 5.74) is 5.17. The fourth-order valence-corrected chi connectivity index (χ4v) is 7.43. The van der Waals surface area contributed by atoms with Gasteiger partial charge in [0, 0.05) is 48.1 Å². The lowest BCUT2D eigenvalue weighted by Gasteiger charge is -2.37. The standard InChI is InChI=1S/C39H40Cl2N8O4/c1-3-27(2)49-38(50)47(26-42-49)31-11-9-29(10-12-31)45-18-20-46(21-19-45)30-13-15-32(16-14-30)51-23-33-24-52-39(53-33,34-17-8-28(40)22-35(34)41)25-48-43-36-6-4-5-7-37(36)44-48/h4-17,22,26-27,33H,3,18-21,23-25H2,1-2H3/t27?,33-,39+/m1/s1. The summed E-state index contributed by atoms with van der Waals surface area (Å²) in [6.45, 7) is 8.35. The number of benzene rings is 4. The second-order valence-corrected chi connectivity index (χ2v) is 14.3. The molecule has 12 nitrogen and oxygen atoms in total. The van der Waals surface area contributed by atoms with Crippen molar-refractivity contribution in [2.24, 2.45) is 0 Å². The van der Waals surface area contributed by atoms with Crippen LogP contribution in [0.25, 0.3) is 16.7 Å². The number of hydrogen-bond donors (Lipinski definition) is 0. The lowest BCUT2D eigenvalue weighted by Crippen LogP contribution is -2.46. The highest BCUT2D eigenvalue weighted by molar-refractivity contribution is 6.35. The zero-order valence-electron chi connectivity index (χ0n) is 29.5. The van der Waals surface area contributed by atoms with E-state index in [1.165, 1.54) is 0 Å². The Hall–Kier alpha value is -4.88. The fraction of sp³-hybridized carbons (Fsp3) is 0.333. The summed E-state index contributed by atoms with van der Waals surface area (Å²) in [4.78, 5) is 19.2. The quantitative estimate of drug-likeness (QED) is 0.142. The lowest BCUT2D eigenvalue weighted by atomic mass is 10.1. The van der Waals surface area contributed by atoms with Crippen molar-refractivity contribution in [2.45, 2.75) is 44.7 Å². The van der Waals surface area contributed by atoms with Crippen LogP contribution in [-0.4, -0.2) is 74.8 Å². The van der Waals surface area contributed by atoms with E-state index in [4.69, 9.17) is 37.4 Å². The van der Waals surface area contributed by atoms with Crippen LogP contribution in [0.5, 0.6) is 5.75 Å². The Balaban J connectivity index is 0.868. The van der Waals surface area contributed by atoms with E-state index < -0.39 is 5.79 Å². The third-order valence-electron chi connectivity index (χ3n) is 9.99. The van der Waals surface area contributed by atoms with E-state index in [0.717, 1.165) is 66.4 Å². The van der Waals surface area contributed by atoms with Gasteiger partial charge in [0.1, 0.15) is 42.4 Å². The van der Waals surface area contributed by atoms with Crippen molar-refractivity contribution in [3.05, 3.63) is 123 Å². The summed E-state index contributed by atoms with van der Waals surface area (Å²) in [5, 5.41) is 14.5. The van der Waals surface area contributed by atoms with E-state index in [1.54, 1.807) is 32.5 Å². The molecular weight excluding hydrogens is 715 g/mol. The van der Waals surface area contributed by atoms with E-state index >= 15 is 0 Å². The molecule has 2 aliphatic rings. The molecule has 53 heavy (non-hydrogen) atoms. The molecule has 14 heteroatoms. The summed E-state index contributed by atoms with van der Waals surface area (Å²) in [6, 6.07) is 29.3. The van der Waals surface area contributed by atoms with Crippen LogP contribution >= 0.6 is 23.2 Å². The fourth-order valence-electron chi connectivity index (χ4n) is 6.87. The van der Waals surface area contributed by atoms with Crippen LogP contribution < -0.4 is 20.2 Å². The smallest absolute Gasteiger partial charge is 0.350 e. The van der Waals surface area contributed by atoms with Crippen molar-refractivity contribution in [2.75, 3.05) is 49.2 Å². The van der Waals surface area contributed by atoms with Gasteiger partial charge in [-0.1, -0.05) is 48.3 Å². The Labute approximate surface area is 317 Å². The maximum atomic E-state index is 12.8. The highest BCUT2D eigenvalue weighted by Crippen LogP contribution is 2.40. The summed E-state index contributed by atoms with van der Waals surface area (Å²) in [7, 11) is 0. The van der Waals surface area contributed by atoms with Crippen molar-refractivity contribution in [1.29, 1.82) is 0 Å². The minimum Gasteiger partial charge on any atom is -0.491 e. The molecular formula is C39H40Cl2N8O4. The first-order chi connectivity index (χ1) is 25.8. The Morgan fingerprint density at radius 1 is 0.868 bits per heavy atom. The molecule has 1 unspecified atom stereocenters. The molecule has 0 spiro atoms. The first kappa shape index (κ1) is 35.2. The molecule has 2 aromatic heterocycles. The molecule has 0 saturated carbocycles. The lowest BCUT2D eigenvalue weighted by molar-refractivity contribution is -0.192. The molecule has 8 rings (SSSR count). The normalized spacial score (nSPS) is 19.6. The number of anilines is 2. The van der Waals surface area contributed by atoms with Crippen LogP contribution in [0, 0.1) is 0 Å². The minimum atomic E-state index is -1.23. The number of ether oxygens (including phenoxy) is 3. The average molecular weight is 756 g/mol. The average Bonchev–Trinajstić information content (AvgIpc) is 3.90. The third-order valence-corrected chi connectivity index (χ3v) is 10.5. The predicted octanol–water partition coefficient (Wildman–Crippen LogP) is 6.73. The van der Waals surface area contributed by atoms with Crippen molar-refractivity contribution in [3.63, 3.8) is 0 Å². The topological polar surface area (TPSA) is 105 Å². The zero-order valence-corrected chi connectivity index (χ0v) is 31.0. The van der Waals surface area contributed by atoms with Gasteiger partial charge in [-0.05, 0) is 86.1 Å². The predicted molar refractivity (Wildman–Crippen MR) is 206 cm³/mol.